The van der Waals surface area contributed by atoms with Gasteiger partial charge in [0.15, 0.2) is 0 Å². The second kappa shape index (κ2) is 5.33. The van der Waals surface area contributed by atoms with E-state index < -0.39 is 0 Å². The summed E-state index contributed by atoms with van der Waals surface area (Å²) in [5, 5.41) is 2.81. The molecule has 18 heavy (non-hydrogen) atoms. The minimum absolute atomic E-state index is 0.0468. The zero-order valence-corrected chi connectivity index (χ0v) is 12.5. The highest BCUT2D eigenvalue weighted by Gasteiger charge is 2.19. The number of nitrogens with two attached hydrogens (primary N) is 1. The fraction of sp³-hybridized carbons (Fsp3) is 0.429. The maximum atomic E-state index is 6.35. The zero-order valence-electron chi connectivity index (χ0n) is 10.1. The molecular formula is C14H16ClNS2. The van der Waals surface area contributed by atoms with Crippen molar-refractivity contribution in [2.75, 3.05) is 0 Å². The number of thiophene rings is 2. The minimum atomic E-state index is -0.0468. The zero-order chi connectivity index (χ0) is 12.5. The quantitative estimate of drug-likeness (QED) is 0.793. The molecule has 1 aliphatic rings. The molecule has 4 heteroatoms. The Morgan fingerprint density at radius 2 is 2.06 bits per heavy atom. The van der Waals surface area contributed by atoms with Gasteiger partial charge in [0.05, 0.1) is 11.1 Å². The van der Waals surface area contributed by atoms with Crippen LogP contribution in [0.2, 0.25) is 5.02 Å². The summed E-state index contributed by atoms with van der Waals surface area (Å²) in [7, 11) is 0. The molecule has 96 valence electrons. The average molecular weight is 298 g/mol. The van der Waals surface area contributed by atoms with Crippen LogP contribution in [0, 0.1) is 0 Å². The van der Waals surface area contributed by atoms with Crippen molar-refractivity contribution in [2.45, 2.75) is 38.1 Å². The molecule has 0 spiro atoms. The highest BCUT2D eigenvalue weighted by atomic mass is 35.5. The standard InChI is InChI=1S/C14H16ClNS2/c15-10-6-7-17-14(10)13(16)12-8-9-4-2-1-3-5-11(9)18-12/h6-8,13H,1-5,16H2. The molecule has 1 nitrogen and oxygen atoms in total. The Hall–Kier alpha value is -0.350. The number of hydrogen-bond acceptors (Lipinski definition) is 3. The van der Waals surface area contributed by atoms with E-state index in [1.54, 1.807) is 16.2 Å². The molecule has 2 aromatic heterocycles. The van der Waals surface area contributed by atoms with Crippen LogP contribution in [0.1, 0.15) is 45.5 Å². The number of hydrogen-bond donors (Lipinski definition) is 1. The fourth-order valence-electron chi connectivity index (χ4n) is 2.50. The van der Waals surface area contributed by atoms with E-state index in [4.69, 9.17) is 17.3 Å². The van der Waals surface area contributed by atoms with Crippen LogP contribution in [0.3, 0.4) is 0 Å². The van der Waals surface area contributed by atoms with E-state index in [9.17, 15) is 0 Å². The molecular weight excluding hydrogens is 282 g/mol. The normalized spacial score (nSPS) is 17.2. The summed E-state index contributed by atoms with van der Waals surface area (Å²) in [6.07, 6.45) is 6.45. The van der Waals surface area contributed by atoms with E-state index in [0.29, 0.717) is 0 Å². The lowest BCUT2D eigenvalue weighted by Crippen LogP contribution is -2.08. The molecule has 2 N–H and O–H groups in total. The lowest BCUT2D eigenvalue weighted by atomic mass is 10.1. The summed E-state index contributed by atoms with van der Waals surface area (Å²) >= 11 is 9.71. The third-order valence-electron chi connectivity index (χ3n) is 3.50. The van der Waals surface area contributed by atoms with Crippen molar-refractivity contribution in [3.05, 3.63) is 42.7 Å². The molecule has 3 rings (SSSR count). The largest absolute Gasteiger partial charge is 0.319 e. The highest BCUT2D eigenvalue weighted by Crippen LogP contribution is 2.37. The molecule has 0 fully saturated rings. The second-order valence-electron chi connectivity index (χ2n) is 4.77. The number of fused-ring (bicyclic) bond motifs is 1. The van der Waals surface area contributed by atoms with Crippen molar-refractivity contribution in [3.63, 3.8) is 0 Å². The van der Waals surface area contributed by atoms with Crippen LogP contribution in [-0.4, -0.2) is 0 Å². The SMILES string of the molecule is NC(c1cc2c(s1)CCCCC2)c1sccc1Cl. The Kier molecular flexibility index (Phi) is 3.76. The van der Waals surface area contributed by atoms with Gasteiger partial charge in [0.1, 0.15) is 0 Å². The van der Waals surface area contributed by atoms with Crippen molar-refractivity contribution in [1.82, 2.24) is 0 Å². The van der Waals surface area contributed by atoms with Gasteiger partial charge in [-0.25, -0.2) is 0 Å². The van der Waals surface area contributed by atoms with Gasteiger partial charge in [-0.15, -0.1) is 22.7 Å². The predicted molar refractivity (Wildman–Crippen MR) is 80.9 cm³/mol. The van der Waals surface area contributed by atoms with Crippen LogP contribution >= 0.6 is 34.3 Å². The van der Waals surface area contributed by atoms with Gasteiger partial charge >= 0.3 is 0 Å². The van der Waals surface area contributed by atoms with Crippen LogP contribution in [0.15, 0.2) is 17.5 Å². The first-order valence-electron chi connectivity index (χ1n) is 6.35. The Balaban J connectivity index is 1.91. The van der Waals surface area contributed by atoms with Crippen molar-refractivity contribution < 1.29 is 0 Å². The van der Waals surface area contributed by atoms with Gasteiger partial charge in [0, 0.05) is 14.6 Å². The molecule has 0 saturated carbocycles. The van der Waals surface area contributed by atoms with Gasteiger partial charge in [-0.1, -0.05) is 18.0 Å². The highest BCUT2D eigenvalue weighted by molar-refractivity contribution is 7.13. The van der Waals surface area contributed by atoms with Crippen LogP contribution in [0.4, 0.5) is 0 Å². The molecule has 0 aliphatic heterocycles. The molecule has 1 aliphatic carbocycles. The average Bonchev–Trinajstić information content (AvgIpc) is 2.90. The first-order chi connectivity index (χ1) is 8.75. The van der Waals surface area contributed by atoms with Crippen molar-refractivity contribution in [2.24, 2.45) is 5.73 Å². The molecule has 1 unspecified atom stereocenters. The van der Waals surface area contributed by atoms with E-state index in [1.165, 1.54) is 42.5 Å². The molecule has 0 aromatic carbocycles. The number of halogens is 1. The van der Waals surface area contributed by atoms with Gasteiger partial charge in [-0.05, 0) is 48.8 Å². The van der Waals surface area contributed by atoms with Gasteiger partial charge in [0.25, 0.3) is 0 Å². The predicted octanol–water partition coefficient (Wildman–Crippen LogP) is 4.78. The number of rotatable bonds is 2. The van der Waals surface area contributed by atoms with Crippen molar-refractivity contribution in [3.8, 4) is 0 Å². The van der Waals surface area contributed by atoms with Crippen molar-refractivity contribution in [1.29, 1.82) is 0 Å². The summed E-state index contributed by atoms with van der Waals surface area (Å²) in [5.41, 5.74) is 7.87. The maximum absolute atomic E-state index is 6.35. The van der Waals surface area contributed by atoms with E-state index >= 15 is 0 Å². The van der Waals surface area contributed by atoms with Gasteiger partial charge in [-0.3, -0.25) is 0 Å². The molecule has 0 bridgehead atoms. The topological polar surface area (TPSA) is 26.0 Å². The molecule has 1 atom stereocenters. The lowest BCUT2D eigenvalue weighted by Gasteiger charge is -2.07. The molecule has 0 amide bonds. The first-order valence-corrected chi connectivity index (χ1v) is 8.43. The van der Waals surface area contributed by atoms with Crippen molar-refractivity contribution >= 4 is 34.3 Å². The van der Waals surface area contributed by atoms with E-state index in [0.717, 1.165) is 9.90 Å². The van der Waals surface area contributed by atoms with Gasteiger partial charge < -0.3 is 5.73 Å². The first kappa shape index (κ1) is 12.7. The van der Waals surface area contributed by atoms with Gasteiger partial charge in [0.2, 0.25) is 0 Å². The number of aryl methyl sites for hydroxylation is 2. The van der Waals surface area contributed by atoms with Crippen LogP contribution < -0.4 is 5.73 Å². The van der Waals surface area contributed by atoms with Crippen LogP contribution in [-0.2, 0) is 12.8 Å². The second-order valence-corrected chi connectivity index (χ2v) is 7.29. The summed E-state index contributed by atoms with van der Waals surface area (Å²) in [6, 6.07) is 4.20. The third-order valence-corrected chi connectivity index (χ3v) is 6.26. The Labute approximate surface area is 121 Å². The Bertz CT molecular complexity index is 520. The smallest absolute Gasteiger partial charge is 0.0755 e. The Morgan fingerprint density at radius 1 is 1.22 bits per heavy atom. The van der Waals surface area contributed by atoms with Crippen LogP contribution in [0.25, 0.3) is 0 Å². The monoisotopic (exact) mass is 297 g/mol. The van der Waals surface area contributed by atoms with Crippen LogP contribution in [0.5, 0.6) is 0 Å². The van der Waals surface area contributed by atoms with E-state index in [-0.39, 0.29) is 6.04 Å². The van der Waals surface area contributed by atoms with Gasteiger partial charge in [-0.2, -0.15) is 0 Å². The summed E-state index contributed by atoms with van der Waals surface area (Å²) in [6.45, 7) is 0. The van der Waals surface area contributed by atoms with E-state index in [2.05, 4.69) is 6.07 Å². The Morgan fingerprint density at radius 3 is 2.83 bits per heavy atom. The molecule has 0 radical (unpaired) electrons. The maximum Gasteiger partial charge on any atom is 0.0755 e. The molecule has 2 heterocycles. The molecule has 0 saturated heterocycles. The summed E-state index contributed by atoms with van der Waals surface area (Å²) in [5.74, 6) is 0. The minimum Gasteiger partial charge on any atom is -0.319 e. The summed E-state index contributed by atoms with van der Waals surface area (Å²) < 4.78 is 0. The third kappa shape index (κ3) is 2.37. The molecule has 2 aromatic rings. The fourth-order valence-corrected chi connectivity index (χ4v) is 5.04. The lowest BCUT2D eigenvalue weighted by molar-refractivity contribution is 0.712. The van der Waals surface area contributed by atoms with E-state index in [1.807, 2.05) is 22.8 Å². The summed E-state index contributed by atoms with van der Waals surface area (Å²) in [4.78, 5) is 3.91.